The molecule has 0 aliphatic rings. The number of carboxylic acid groups (broad SMARTS) is 2. The SMILES string of the molecule is O=C(O)CN(CC(=O)O)CC(=O)c1ccccc1. The Balaban J connectivity index is 2.68. The number of hydrogen-bond acceptors (Lipinski definition) is 4. The highest BCUT2D eigenvalue weighted by molar-refractivity contribution is 5.97. The van der Waals surface area contributed by atoms with Crippen LogP contribution >= 0.6 is 0 Å². The fourth-order valence-corrected chi connectivity index (χ4v) is 1.47. The zero-order valence-electron chi connectivity index (χ0n) is 9.57. The molecule has 0 saturated carbocycles. The topological polar surface area (TPSA) is 94.9 Å². The van der Waals surface area contributed by atoms with Crippen molar-refractivity contribution in [2.45, 2.75) is 0 Å². The van der Waals surface area contributed by atoms with Gasteiger partial charge in [-0.2, -0.15) is 0 Å². The summed E-state index contributed by atoms with van der Waals surface area (Å²) in [6, 6.07) is 8.32. The van der Waals surface area contributed by atoms with Crippen LogP contribution in [0.25, 0.3) is 0 Å². The maximum atomic E-state index is 11.8. The molecule has 18 heavy (non-hydrogen) atoms. The van der Waals surface area contributed by atoms with Crippen molar-refractivity contribution in [2.75, 3.05) is 19.6 Å². The average molecular weight is 251 g/mol. The molecule has 6 heteroatoms. The fourth-order valence-electron chi connectivity index (χ4n) is 1.47. The van der Waals surface area contributed by atoms with Crippen molar-refractivity contribution in [3.8, 4) is 0 Å². The molecule has 1 aromatic rings. The third kappa shape index (κ3) is 4.75. The van der Waals surface area contributed by atoms with Gasteiger partial charge in [-0.05, 0) is 0 Å². The minimum Gasteiger partial charge on any atom is -0.480 e. The molecule has 0 saturated heterocycles. The van der Waals surface area contributed by atoms with Crippen LogP contribution in [0.4, 0.5) is 0 Å². The van der Waals surface area contributed by atoms with Gasteiger partial charge in [0.2, 0.25) is 0 Å². The van der Waals surface area contributed by atoms with Crippen molar-refractivity contribution < 1.29 is 24.6 Å². The predicted octanol–water partition coefficient (Wildman–Crippen LogP) is 0.341. The molecule has 0 atom stereocenters. The first kappa shape index (κ1) is 13.9. The second kappa shape index (κ2) is 6.51. The van der Waals surface area contributed by atoms with Gasteiger partial charge in [-0.15, -0.1) is 0 Å². The molecule has 0 radical (unpaired) electrons. The number of carbonyl (C=O) groups excluding carboxylic acids is 1. The van der Waals surface area contributed by atoms with E-state index >= 15 is 0 Å². The van der Waals surface area contributed by atoms with E-state index in [0.717, 1.165) is 4.90 Å². The first-order valence-electron chi connectivity index (χ1n) is 5.23. The highest BCUT2D eigenvalue weighted by Gasteiger charge is 2.17. The van der Waals surface area contributed by atoms with E-state index in [4.69, 9.17) is 10.2 Å². The van der Waals surface area contributed by atoms with Crippen molar-refractivity contribution in [3.05, 3.63) is 35.9 Å². The summed E-state index contributed by atoms with van der Waals surface area (Å²) < 4.78 is 0. The Hall–Kier alpha value is -2.21. The highest BCUT2D eigenvalue weighted by atomic mass is 16.4. The molecule has 0 amide bonds. The molecule has 1 rings (SSSR count). The van der Waals surface area contributed by atoms with E-state index in [9.17, 15) is 14.4 Å². The van der Waals surface area contributed by atoms with E-state index < -0.39 is 25.0 Å². The third-order valence-corrected chi connectivity index (χ3v) is 2.18. The number of aliphatic carboxylic acids is 2. The second-order valence-electron chi connectivity index (χ2n) is 3.72. The van der Waals surface area contributed by atoms with E-state index in [1.807, 2.05) is 0 Å². The molecule has 0 unspecified atom stereocenters. The first-order chi connectivity index (χ1) is 8.49. The highest BCUT2D eigenvalue weighted by Crippen LogP contribution is 2.02. The van der Waals surface area contributed by atoms with Gasteiger partial charge in [0.1, 0.15) is 0 Å². The lowest BCUT2D eigenvalue weighted by molar-refractivity contribution is -0.141. The zero-order chi connectivity index (χ0) is 13.5. The number of rotatable bonds is 7. The summed E-state index contributed by atoms with van der Waals surface area (Å²) in [5.41, 5.74) is 0.429. The molecule has 0 heterocycles. The first-order valence-corrected chi connectivity index (χ1v) is 5.23. The van der Waals surface area contributed by atoms with Crippen LogP contribution in [-0.4, -0.2) is 52.5 Å². The lowest BCUT2D eigenvalue weighted by Crippen LogP contribution is -2.38. The maximum absolute atomic E-state index is 11.8. The molecule has 0 aliphatic carbocycles. The summed E-state index contributed by atoms with van der Waals surface area (Å²) >= 11 is 0. The van der Waals surface area contributed by atoms with Gasteiger partial charge in [0.25, 0.3) is 0 Å². The Bertz CT molecular complexity index is 427. The van der Waals surface area contributed by atoms with Gasteiger partial charge < -0.3 is 10.2 Å². The summed E-state index contributed by atoms with van der Waals surface area (Å²) in [7, 11) is 0. The van der Waals surface area contributed by atoms with Crippen molar-refractivity contribution in [2.24, 2.45) is 0 Å². The minimum atomic E-state index is -1.17. The van der Waals surface area contributed by atoms with Crippen LogP contribution in [0.5, 0.6) is 0 Å². The molecule has 0 fully saturated rings. The Morgan fingerprint density at radius 2 is 1.39 bits per heavy atom. The number of ketones is 1. The van der Waals surface area contributed by atoms with Crippen LogP contribution in [0.1, 0.15) is 10.4 Å². The van der Waals surface area contributed by atoms with Gasteiger partial charge in [0.15, 0.2) is 5.78 Å². The lowest BCUT2D eigenvalue weighted by atomic mass is 10.1. The molecule has 96 valence electrons. The van der Waals surface area contributed by atoms with Gasteiger partial charge in [0, 0.05) is 5.56 Å². The average Bonchev–Trinajstić information content (AvgIpc) is 2.28. The quantitative estimate of drug-likeness (QED) is 0.678. The Labute approximate surface area is 103 Å². The Morgan fingerprint density at radius 3 is 1.83 bits per heavy atom. The monoisotopic (exact) mass is 251 g/mol. The number of nitrogens with zero attached hydrogens (tertiary/aromatic N) is 1. The van der Waals surface area contributed by atoms with Crippen LogP contribution in [0, 0.1) is 0 Å². The zero-order valence-corrected chi connectivity index (χ0v) is 9.57. The third-order valence-electron chi connectivity index (χ3n) is 2.18. The van der Waals surface area contributed by atoms with Gasteiger partial charge in [-0.3, -0.25) is 19.3 Å². The molecular weight excluding hydrogens is 238 g/mol. The Morgan fingerprint density at radius 1 is 0.889 bits per heavy atom. The molecule has 0 aromatic heterocycles. The number of carbonyl (C=O) groups is 3. The molecule has 0 aliphatic heterocycles. The summed E-state index contributed by atoms with van der Waals surface area (Å²) in [6.45, 7) is -1.20. The standard InChI is InChI=1S/C12H13NO5/c14-10(9-4-2-1-3-5-9)6-13(7-11(15)16)8-12(17)18/h1-5H,6-8H2,(H,15,16)(H,17,18). The molecule has 0 bridgehead atoms. The van der Waals surface area contributed by atoms with E-state index in [1.165, 1.54) is 0 Å². The van der Waals surface area contributed by atoms with Gasteiger partial charge >= 0.3 is 11.9 Å². The molecule has 1 aromatic carbocycles. The summed E-state index contributed by atoms with van der Waals surface area (Å²) in [5.74, 6) is -2.65. The van der Waals surface area contributed by atoms with E-state index in [-0.39, 0.29) is 12.3 Å². The van der Waals surface area contributed by atoms with E-state index in [0.29, 0.717) is 5.56 Å². The number of Topliss-reactive ketones (excluding diaryl/α,β-unsaturated/α-hetero) is 1. The lowest BCUT2D eigenvalue weighted by Gasteiger charge is -2.16. The minimum absolute atomic E-state index is 0.234. The summed E-state index contributed by atoms with van der Waals surface area (Å²) in [5, 5.41) is 17.3. The largest absolute Gasteiger partial charge is 0.480 e. The van der Waals surface area contributed by atoms with Crippen LogP contribution in [0.2, 0.25) is 0 Å². The van der Waals surface area contributed by atoms with Crippen LogP contribution in [-0.2, 0) is 9.59 Å². The van der Waals surface area contributed by atoms with Gasteiger partial charge in [-0.25, -0.2) is 0 Å². The second-order valence-corrected chi connectivity index (χ2v) is 3.72. The van der Waals surface area contributed by atoms with Crippen LogP contribution < -0.4 is 0 Å². The van der Waals surface area contributed by atoms with Gasteiger partial charge in [0.05, 0.1) is 19.6 Å². The molecule has 2 N–H and O–H groups in total. The molecular formula is C12H13NO5. The molecule has 0 spiro atoms. The van der Waals surface area contributed by atoms with Crippen molar-refractivity contribution in [3.63, 3.8) is 0 Å². The van der Waals surface area contributed by atoms with Gasteiger partial charge in [-0.1, -0.05) is 30.3 Å². The Kier molecular flexibility index (Phi) is 5.01. The smallest absolute Gasteiger partial charge is 0.317 e. The molecule has 6 nitrogen and oxygen atoms in total. The van der Waals surface area contributed by atoms with E-state index in [1.54, 1.807) is 30.3 Å². The summed E-state index contributed by atoms with van der Waals surface area (Å²) in [4.78, 5) is 34.0. The fraction of sp³-hybridized carbons (Fsp3) is 0.250. The number of carboxylic acids is 2. The predicted molar refractivity (Wildman–Crippen MR) is 62.5 cm³/mol. The van der Waals surface area contributed by atoms with Crippen LogP contribution in [0.3, 0.4) is 0 Å². The van der Waals surface area contributed by atoms with Crippen molar-refractivity contribution in [1.29, 1.82) is 0 Å². The van der Waals surface area contributed by atoms with Crippen molar-refractivity contribution >= 4 is 17.7 Å². The van der Waals surface area contributed by atoms with E-state index in [2.05, 4.69) is 0 Å². The number of hydrogen-bond donors (Lipinski definition) is 2. The maximum Gasteiger partial charge on any atom is 0.317 e. The normalized spacial score (nSPS) is 10.3. The van der Waals surface area contributed by atoms with Crippen LogP contribution in [0.15, 0.2) is 30.3 Å². The van der Waals surface area contributed by atoms with Crippen molar-refractivity contribution in [1.82, 2.24) is 4.90 Å². The number of benzene rings is 1. The summed E-state index contributed by atoms with van der Waals surface area (Å²) in [6.07, 6.45) is 0.